The smallest absolute Gasteiger partial charge is 0.123 e. The van der Waals surface area contributed by atoms with Gasteiger partial charge in [-0.15, -0.1) is 0 Å². The van der Waals surface area contributed by atoms with E-state index in [1.165, 1.54) is 28.3 Å². The summed E-state index contributed by atoms with van der Waals surface area (Å²) in [5, 5.41) is 6.83. The molecule has 1 aromatic heterocycles. The number of benzene rings is 2. The second-order valence-corrected chi connectivity index (χ2v) is 8.04. The van der Waals surface area contributed by atoms with E-state index in [1.54, 1.807) is 12.1 Å². The minimum absolute atomic E-state index is 0.133. The van der Waals surface area contributed by atoms with Gasteiger partial charge in [-0.25, -0.2) is 4.39 Å². The Morgan fingerprint density at radius 1 is 1.06 bits per heavy atom. The van der Waals surface area contributed by atoms with E-state index in [0.717, 1.165) is 48.1 Å². The van der Waals surface area contributed by atoms with Crippen molar-refractivity contribution in [2.45, 2.75) is 60.3 Å². The average Bonchev–Trinajstić information content (AvgIpc) is 3.25. The van der Waals surface area contributed by atoms with Crippen LogP contribution in [-0.4, -0.2) is 10.2 Å². The summed E-state index contributed by atoms with van der Waals surface area (Å²) in [7, 11) is 0. The van der Waals surface area contributed by atoms with E-state index >= 15 is 0 Å². The first kappa shape index (κ1) is 26.9. The molecule has 0 aliphatic carbocycles. The third-order valence-corrected chi connectivity index (χ3v) is 4.84. The van der Waals surface area contributed by atoms with Crippen LogP contribution in [0.4, 0.5) is 4.39 Å². The molecule has 32 heavy (non-hydrogen) atoms. The van der Waals surface area contributed by atoms with Crippen LogP contribution in [0.15, 0.2) is 67.6 Å². The minimum Gasteiger partial charge on any atom is -0.403 e. The molecule has 0 spiro atoms. The normalized spacial score (nSPS) is 9.81. The molecule has 3 aromatic rings. The molecule has 0 saturated heterocycles. The van der Waals surface area contributed by atoms with E-state index in [-0.39, 0.29) is 5.82 Å². The predicted molar refractivity (Wildman–Crippen MR) is 137 cm³/mol. The number of nitrogens with two attached hydrogens (primary N) is 1. The van der Waals surface area contributed by atoms with E-state index in [0.29, 0.717) is 0 Å². The SMILES string of the molecule is C=C(C)c1cc(C)c(-c2cn[nH]c2)cc1C.C=C(N)CCC.CCCc1cccc(F)c1. The zero-order valence-electron chi connectivity index (χ0n) is 20.3. The standard InChI is InChI=1S/C14H16N2.C9H11F.C5H11N/c1-9(2)13-5-11(4)14(6-10(13)3)12-7-15-16-8-12;1-2-4-8-5-3-6-9(10)7-8;1-3-4-5(2)6/h5-8H,1H2,2-4H3,(H,15,16);3,5-7H,2,4H2,1H3;2-4,6H2,1H3. The maximum absolute atomic E-state index is 12.5. The van der Waals surface area contributed by atoms with Gasteiger partial charge in [-0.05, 0) is 73.6 Å². The molecule has 3 nitrogen and oxygen atoms in total. The highest BCUT2D eigenvalue weighted by Gasteiger charge is 2.07. The zero-order valence-corrected chi connectivity index (χ0v) is 20.3. The summed E-state index contributed by atoms with van der Waals surface area (Å²) in [4.78, 5) is 0. The van der Waals surface area contributed by atoms with Crippen LogP contribution >= 0.6 is 0 Å². The van der Waals surface area contributed by atoms with Gasteiger partial charge in [-0.2, -0.15) is 5.10 Å². The van der Waals surface area contributed by atoms with Gasteiger partial charge in [-0.3, -0.25) is 5.10 Å². The van der Waals surface area contributed by atoms with Crippen molar-refractivity contribution in [2.24, 2.45) is 5.73 Å². The van der Waals surface area contributed by atoms with Crippen molar-refractivity contribution >= 4 is 5.57 Å². The van der Waals surface area contributed by atoms with E-state index < -0.39 is 0 Å². The van der Waals surface area contributed by atoms with Crippen molar-refractivity contribution < 1.29 is 4.39 Å². The third kappa shape index (κ3) is 9.34. The van der Waals surface area contributed by atoms with Gasteiger partial charge in [0.15, 0.2) is 0 Å². The molecule has 0 aliphatic rings. The van der Waals surface area contributed by atoms with Crippen LogP contribution in [0.2, 0.25) is 0 Å². The van der Waals surface area contributed by atoms with Crippen LogP contribution in [0.5, 0.6) is 0 Å². The predicted octanol–water partition coefficient (Wildman–Crippen LogP) is 7.76. The van der Waals surface area contributed by atoms with Gasteiger partial charge in [0.25, 0.3) is 0 Å². The Kier molecular flexibility index (Phi) is 11.8. The molecule has 0 radical (unpaired) electrons. The molecule has 4 heteroatoms. The van der Waals surface area contributed by atoms with Crippen LogP contribution in [0.3, 0.4) is 0 Å². The van der Waals surface area contributed by atoms with Gasteiger partial charge < -0.3 is 5.73 Å². The molecule has 0 fully saturated rings. The van der Waals surface area contributed by atoms with Crippen molar-refractivity contribution in [3.63, 3.8) is 0 Å². The van der Waals surface area contributed by atoms with Crippen LogP contribution in [0.1, 0.15) is 62.3 Å². The second kappa shape index (κ2) is 14.0. The van der Waals surface area contributed by atoms with Crippen LogP contribution in [0, 0.1) is 19.7 Å². The summed E-state index contributed by atoms with van der Waals surface area (Å²) < 4.78 is 12.5. The summed E-state index contributed by atoms with van der Waals surface area (Å²) in [5.74, 6) is -0.133. The number of H-pyrrole nitrogens is 1. The lowest BCUT2D eigenvalue weighted by atomic mass is 9.94. The van der Waals surface area contributed by atoms with Crippen LogP contribution < -0.4 is 5.73 Å². The topological polar surface area (TPSA) is 54.7 Å². The number of halogens is 1. The first-order valence-electron chi connectivity index (χ1n) is 11.1. The lowest BCUT2D eigenvalue weighted by Crippen LogP contribution is -1.91. The fourth-order valence-electron chi connectivity index (χ4n) is 3.29. The third-order valence-electron chi connectivity index (χ3n) is 4.84. The summed E-state index contributed by atoms with van der Waals surface area (Å²) in [6, 6.07) is 11.2. The number of rotatable bonds is 6. The zero-order chi connectivity index (χ0) is 24.1. The molecule has 3 rings (SSSR count). The molecule has 2 aromatic carbocycles. The quantitative estimate of drug-likeness (QED) is 0.415. The Balaban J connectivity index is 0.000000273. The monoisotopic (exact) mass is 435 g/mol. The molecule has 172 valence electrons. The highest BCUT2D eigenvalue weighted by molar-refractivity contribution is 5.73. The molecule has 0 saturated carbocycles. The molecule has 3 N–H and O–H groups in total. The van der Waals surface area contributed by atoms with E-state index in [4.69, 9.17) is 5.73 Å². The Morgan fingerprint density at radius 3 is 2.25 bits per heavy atom. The van der Waals surface area contributed by atoms with E-state index in [2.05, 4.69) is 63.2 Å². The Hall–Kier alpha value is -3.14. The summed E-state index contributed by atoms with van der Waals surface area (Å²) >= 11 is 0. The van der Waals surface area contributed by atoms with Gasteiger partial charge in [-0.1, -0.05) is 69.7 Å². The Morgan fingerprint density at radius 2 is 1.78 bits per heavy atom. The number of hydrogen-bond acceptors (Lipinski definition) is 2. The fourth-order valence-corrected chi connectivity index (χ4v) is 3.29. The minimum atomic E-state index is -0.133. The largest absolute Gasteiger partial charge is 0.403 e. The molecule has 1 heterocycles. The van der Waals surface area contributed by atoms with Gasteiger partial charge in [0, 0.05) is 17.5 Å². The molecule has 0 atom stereocenters. The van der Waals surface area contributed by atoms with Crippen LogP contribution in [-0.2, 0) is 6.42 Å². The van der Waals surface area contributed by atoms with Gasteiger partial charge >= 0.3 is 0 Å². The highest BCUT2D eigenvalue weighted by atomic mass is 19.1. The van der Waals surface area contributed by atoms with Gasteiger partial charge in [0.2, 0.25) is 0 Å². The number of hydrogen-bond donors (Lipinski definition) is 2. The molecular formula is C28H38FN3. The van der Waals surface area contributed by atoms with Crippen LogP contribution in [0.25, 0.3) is 16.7 Å². The molecular weight excluding hydrogens is 397 g/mol. The van der Waals surface area contributed by atoms with Crippen molar-refractivity contribution in [2.75, 3.05) is 0 Å². The van der Waals surface area contributed by atoms with Gasteiger partial charge in [0.1, 0.15) is 5.82 Å². The molecule has 0 bridgehead atoms. The lowest BCUT2D eigenvalue weighted by molar-refractivity contribution is 0.625. The molecule has 0 unspecified atom stereocenters. The first-order valence-corrected chi connectivity index (χ1v) is 11.1. The Labute approximate surface area is 193 Å². The maximum atomic E-state index is 12.5. The number of nitrogens with one attached hydrogen (secondary N) is 1. The van der Waals surface area contributed by atoms with Gasteiger partial charge in [0.05, 0.1) is 6.20 Å². The van der Waals surface area contributed by atoms with Crippen molar-refractivity contribution in [3.8, 4) is 11.1 Å². The first-order chi connectivity index (χ1) is 15.2. The highest BCUT2D eigenvalue weighted by Crippen LogP contribution is 2.28. The van der Waals surface area contributed by atoms with E-state index in [1.807, 2.05) is 25.4 Å². The number of aryl methyl sites for hydroxylation is 3. The molecule has 0 amide bonds. The van der Waals surface area contributed by atoms with Crippen molar-refractivity contribution in [3.05, 3.63) is 95.7 Å². The van der Waals surface area contributed by atoms with Crippen molar-refractivity contribution in [1.82, 2.24) is 10.2 Å². The number of aromatic amines is 1. The number of allylic oxidation sites excluding steroid dienone is 2. The average molecular weight is 436 g/mol. The van der Waals surface area contributed by atoms with Crippen molar-refractivity contribution in [1.29, 1.82) is 0 Å². The Bertz CT molecular complexity index is 988. The number of nitrogens with zero attached hydrogens (tertiary/aromatic N) is 1. The summed E-state index contributed by atoms with van der Waals surface area (Å²) in [5.41, 5.74) is 14.3. The fraction of sp³-hybridized carbons (Fsp3) is 0.321. The molecule has 0 aliphatic heterocycles. The maximum Gasteiger partial charge on any atom is 0.123 e. The summed E-state index contributed by atoms with van der Waals surface area (Å²) in [6.07, 6.45) is 7.88. The van der Waals surface area contributed by atoms with E-state index in [9.17, 15) is 4.39 Å². The lowest BCUT2D eigenvalue weighted by Gasteiger charge is -2.11. The summed E-state index contributed by atoms with van der Waals surface area (Å²) in [6.45, 7) is 18.0. The number of aromatic nitrogens is 2. The second-order valence-electron chi connectivity index (χ2n) is 8.04.